The molecule has 0 atom stereocenters. The quantitative estimate of drug-likeness (QED) is 0.0118. The number of carbonyl (C=O) groups excluding carboxylic acids is 6. The Morgan fingerprint density at radius 1 is 0.217 bits per heavy atom. The topological polar surface area (TPSA) is 466 Å². The maximum absolute atomic E-state index is 15.4. The van der Waals surface area contributed by atoms with Gasteiger partial charge in [-0.15, -0.1) is 0 Å². The molecule has 1 aromatic heterocycles. The molecular formula is C84H102N6O30. The van der Waals surface area contributed by atoms with Gasteiger partial charge in [0.25, 0.3) is 33.4 Å². The van der Waals surface area contributed by atoms with Crippen LogP contribution in [0.3, 0.4) is 0 Å². The number of hydrogen-bond donors (Lipinski definition) is 6. The number of nitrogens with one attached hydrogen (secondary N) is 6. The second-order valence-corrected chi connectivity index (χ2v) is 25.6. The molecule has 12 bridgehead atoms. The summed E-state index contributed by atoms with van der Waals surface area (Å²) in [5.41, 5.74) is -6.80. The van der Waals surface area contributed by atoms with Crippen molar-refractivity contribution in [1.29, 1.82) is 0 Å². The molecule has 0 aliphatic rings. The fourth-order valence-electron chi connectivity index (χ4n) is 11.7. The van der Waals surface area contributed by atoms with Crippen molar-refractivity contribution in [1.82, 2.24) is 29.9 Å². The molecule has 36 heteroatoms. The molecule has 7 aromatic rings. The predicted octanol–water partition coefficient (Wildman–Crippen LogP) is 10.2. The van der Waals surface area contributed by atoms with E-state index < -0.39 is 69.2 Å². The van der Waals surface area contributed by atoms with Gasteiger partial charge in [0.1, 0.15) is 69.0 Å². The highest BCUT2D eigenvalue weighted by atomic mass is 16.6. The van der Waals surface area contributed by atoms with Gasteiger partial charge in [-0.25, -0.2) is 0 Å². The van der Waals surface area contributed by atoms with Crippen LogP contribution in [0.1, 0.15) is 119 Å². The van der Waals surface area contributed by atoms with Gasteiger partial charge >= 0.3 is 35.8 Å². The van der Waals surface area contributed by atoms with E-state index in [1.165, 1.54) is 97.3 Å². The smallest absolute Gasteiger partial charge is 0.305 e. The van der Waals surface area contributed by atoms with E-state index in [2.05, 4.69) is 29.9 Å². The van der Waals surface area contributed by atoms with Gasteiger partial charge in [-0.05, 0) is 116 Å². The van der Waals surface area contributed by atoms with Crippen molar-refractivity contribution in [2.24, 2.45) is 0 Å². The zero-order valence-corrected chi connectivity index (χ0v) is 69.1. The number of rotatable bonds is 42. The molecule has 0 unspecified atom stereocenters. The first-order chi connectivity index (χ1) is 57.9. The van der Waals surface area contributed by atoms with E-state index in [4.69, 9.17) is 85.3 Å². The number of fused-ring (bicyclic) bond motifs is 12. The Bertz CT molecular complexity index is 4700. The van der Waals surface area contributed by atoms with Crippen LogP contribution < -0.4 is 90.2 Å². The van der Waals surface area contributed by atoms with Crippen molar-refractivity contribution in [3.63, 3.8) is 0 Å². The summed E-state index contributed by atoms with van der Waals surface area (Å²) in [4.78, 5) is 185. The van der Waals surface area contributed by atoms with Crippen LogP contribution >= 0.6 is 0 Å². The predicted molar refractivity (Wildman–Crippen MR) is 442 cm³/mol. The lowest BCUT2D eigenvalue weighted by Gasteiger charge is -2.13. The van der Waals surface area contributed by atoms with Gasteiger partial charge in [0.15, 0.2) is 0 Å². The fraction of sp³-hybridized carbons (Fsp3) is 0.429. The standard InChI is InChI=1S/C84H102N6O30/c1-13-109-73(91)25-19-31-115-61-43-62(116-32-20-26-74(92)110-14-2)50-37-49(61)79(97)85-55-40-56(68(104-8)46-67(55)103-7)87-81(99)51-38-52(64(118-34-22-28-76(94)112-16-4)44-63(51)117-33-21-27-75(93)111-15-3)83(101)89-59-42-60(72(108-12)48-71(59)107-11)90-84(102)54-39-53(82(100)88-58-41-57(86-80(50)98)69(105-9)47-70(58)106-10)65(119-35-23-29-77(95)113-17-5)45-66(54)120-36-24-30-78(96)114-18-6/h37-48H,13-36H2,1-12H3,(H,85,97)(H,86,98)(H,87,99)(H,88,100)(H,89,101)(H,90,102). The summed E-state index contributed by atoms with van der Waals surface area (Å²) in [6.45, 7) is 9.09. The number of H-pyrrole nitrogens is 6. The van der Waals surface area contributed by atoms with E-state index in [1.807, 2.05) is 0 Å². The lowest BCUT2D eigenvalue weighted by molar-refractivity contribution is -0.144. The second kappa shape index (κ2) is 48.3. The van der Waals surface area contributed by atoms with Crippen molar-refractivity contribution in [2.75, 3.05) is 122 Å². The number of esters is 6. The number of ether oxygens (including phenoxy) is 18. The van der Waals surface area contributed by atoms with Gasteiger partial charge in [-0.1, -0.05) is 0 Å². The van der Waals surface area contributed by atoms with Crippen molar-refractivity contribution >= 4 is 101 Å². The van der Waals surface area contributed by atoms with Gasteiger partial charge in [-0.3, -0.25) is 57.5 Å². The molecule has 0 spiro atoms. The van der Waals surface area contributed by atoms with Crippen LogP contribution in [0.25, 0.3) is 65.4 Å². The second-order valence-electron chi connectivity index (χ2n) is 25.6. The minimum atomic E-state index is -0.991. The first kappa shape index (κ1) is 93.7. The average Bonchev–Trinajstić information content (AvgIpc) is 0.783. The zero-order valence-electron chi connectivity index (χ0n) is 69.1. The number of carbonyl (C=O) groups is 6. The normalized spacial score (nSPS) is 10.7. The van der Waals surface area contributed by atoms with E-state index in [0.717, 1.165) is 18.2 Å². The summed E-state index contributed by atoms with van der Waals surface area (Å²) in [6.07, 6.45) is -0.328. The molecule has 0 saturated heterocycles. The van der Waals surface area contributed by atoms with Crippen molar-refractivity contribution < 1.29 is 114 Å². The molecule has 0 aliphatic heterocycles. The summed E-state index contributed by atoms with van der Waals surface area (Å²) in [6, 6.07) is 14.9. The SMILES string of the molecule is CCOC(=O)CCCOc1cc(OCCCC(=O)OCC)c2cc1c(=O)[nH]c1cc([nH]c(=O)c3cc(c(OCCCC(=O)OCC)cc3OCCCC(=O)OCC)c(=O)[nH]c3cc([nH]c(=O)c4cc(c(OCCCC(=O)OCC)cc4OCCCC(=O)OCC)c(=O)[nH]c4cc([nH]c2=O)c(OC)cc4OC)c(OC)cc3OC)c(OC)cc1OC. The third kappa shape index (κ3) is 27.3. The van der Waals surface area contributed by atoms with Crippen molar-refractivity contribution in [3.05, 3.63) is 135 Å². The molecule has 648 valence electrons. The van der Waals surface area contributed by atoms with E-state index in [9.17, 15) is 28.8 Å². The molecule has 6 aromatic carbocycles. The third-order valence-electron chi connectivity index (χ3n) is 17.3. The van der Waals surface area contributed by atoms with Crippen LogP contribution in [0.4, 0.5) is 0 Å². The molecule has 120 heavy (non-hydrogen) atoms. The van der Waals surface area contributed by atoms with Crippen molar-refractivity contribution in [2.45, 2.75) is 119 Å². The van der Waals surface area contributed by atoms with E-state index in [1.54, 1.807) is 41.5 Å². The molecule has 0 radical (unpaired) electrons. The number of hydrogen-bond acceptors (Lipinski definition) is 30. The summed E-state index contributed by atoms with van der Waals surface area (Å²) in [7, 11) is 7.67. The van der Waals surface area contributed by atoms with Crippen molar-refractivity contribution in [3.8, 4) is 69.0 Å². The molecule has 0 amide bonds. The highest BCUT2D eigenvalue weighted by Crippen LogP contribution is 2.35. The van der Waals surface area contributed by atoms with Gasteiger partial charge in [0, 0.05) is 74.9 Å². The molecule has 6 N–H and O–H groups in total. The Labute approximate surface area is 686 Å². The molecule has 7 rings (SSSR count). The van der Waals surface area contributed by atoms with Crippen LogP contribution in [0.2, 0.25) is 0 Å². The monoisotopic (exact) mass is 1670 g/mol. The Kier molecular flexibility index (Phi) is 37.7. The maximum Gasteiger partial charge on any atom is 0.305 e. The summed E-state index contributed by atoms with van der Waals surface area (Å²) in [5.74, 6) is -4.85. The maximum atomic E-state index is 15.4. The Balaban J connectivity index is 1.79. The average molecular weight is 1680 g/mol. The van der Waals surface area contributed by atoms with Crippen LogP contribution in [0.15, 0.2) is 102 Å². The minimum Gasteiger partial charge on any atom is -0.494 e. The number of methoxy groups -OCH3 is 6. The number of aromatic nitrogens is 6. The van der Waals surface area contributed by atoms with Gasteiger partial charge < -0.3 is 115 Å². The number of aromatic amines is 6. The van der Waals surface area contributed by atoms with Gasteiger partial charge in [-0.2, -0.15) is 0 Å². The van der Waals surface area contributed by atoms with Gasteiger partial charge in [0.05, 0.1) is 187 Å². The highest BCUT2D eigenvalue weighted by Gasteiger charge is 2.21. The first-order valence-electron chi connectivity index (χ1n) is 38.8. The molecule has 0 fully saturated rings. The van der Waals surface area contributed by atoms with E-state index in [-0.39, 0.29) is 291 Å². The Morgan fingerprint density at radius 2 is 0.358 bits per heavy atom. The Hall–Kier alpha value is -13.4. The summed E-state index contributed by atoms with van der Waals surface area (Å²) >= 11 is 0. The lowest BCUT2D eigenvalue weighted by atomic mass is 10.1. The van der Waals surface area contributed by atoms with Crippen LogP contribution in [-0.2, 0) is 57.2 Å². The third-order valence-corrected chi connectivity index (χ3v) is 17.3. The minimum absolute atomic E-state index is 0.0542. The largest absolute Gasteiger partial charge is 0.494 e. The van der Waals surface area contributed by atoms with Crippen LogP contribution in [0.5, 0.6) is 69.0 Å². The van der Waals surface area contributed by atoms with Crippen LogP contribution in [-0.4, -0.2) is 188 Å². The fourth-order valence-corrected chi connectivity index (χ4v) is 11.7. The summed E-state index contributed by atoms with van der Waals surface area (Å²) in [5, 5.41) is -2.11. The summed E-state index contributed by atoms with van der Waals surface area (Å²) < 4.78 is 103. The number of benzene rings is 6. The van der Waals surface area contributed by atoms with Gasteiger partial charge in [0.2, 0.25) is 0 Å². The molecule has 36 nitrogen and oxygen atoms in total. The Morgan fingerprint density at radius 3 is 0.492 bits per heavy atom. The van der Waals surface area contributed by atoms with Crippen LogP contribution in [0, 0.1) is 0 Å². The molecule has 1 heterocycles. The van der Waals surface area contributed by atoms with E-state index >= 15 is 28.8 Å². The van der Waals surface area contributed by atoms with E-state index in [0.29, 0.717) is 0 Å². The zero-order chi connectivity index (χ0) is 87.2. The lowest BCUT2D eigenvalue weighted by Crippen LogP contribution is -2.13. The molecule has 0 saturated carbocycles. The highest BCUT2D eigenvalue weighted by molar-refractivity contribution is 5.85. The first-order valence-corrected chi connectivity index (χ1v) is 38.8. The molecule has 0 aliphatic carbocycles. The molecular weight excluding hydrogens is 1570 g/mol.